The van der Waals surface area contributed by atoms with E-state index in [2.05, 4.69) is 10.6 Å². The number of carbonyl (C=O) groups excluding carboxylic acids is 1. The number of hydrogen-bond acceptors (Lipinski definition) is 5. The molecule has 0 bridgehead atoms. The zero-order chi connectivity index (χ0) is 16.0. The van der Waals surface area contributed by atoms with Crippen LogP contribution in [0, 0.1) is 5.92 Å². The molecular formula is C13H23N3O4S. The molecule has 0 radical (unpaired) electrons. The molecule has 1 aromatic heterocycles. The lowest BCUT2D eigenvalue weighted by Crippen LogP contribution is -2.34. The van der Waals surface area contributed by atoms with Crippen molar-refractivity contribution in [1.82, 2.24) is 14.9 Å². The molecule has 1 rings (SSSR count). The van der Waals surface area contributed by atoms with E-state index in [9.17, 15) is 13.2 Å². The number of carbonyl (C=O) groups is 1. The van der Waals surface area contributed by atoms with Crippen molar-refractivity contribution < 1.29 is 17.6 Å². The van der Waals surface area contributed by atoms with Gasteiger partial charge in [-0.25, -0.2) is 12.7 Å². The SMILES string of the molecule is CC(C)C(=O)NCCNCc1ccc(S(=O)(=O)N(C)C)o1. The van der Waals surface area contributed by atoms with E-state index in [1.807, 2.05) is 13.8 Å². The van der Waals surface area contributed by atoms with Gasteiger partial charge in [-0.15, -0.1) is 0 Å². The first kappa shape index (κ1) is 17.7. The van der Waals surface area contributed by atoms with Gasteiger partial charge in [0.1, 0.15) is 5.76 Å². The van der Waals surface area contributed by atoms with Crippen LogP contribution in [0.4, 0.5) is 0 Å². The van der Waals surface area contributed by atoms with Gasteiger partial charge in [-0.3, -0.25) is 4.79 Å². The van der Waals surface area contributed by atoms with Crippen molar-refractivity contribution in [3.63, 3.8) is 0 Å². The van der Waals surface area contributed by atoms with E-state index < -0.39 is 10.0 Å². The summed E-state index contributed by atoms with van der Waals surface area (Å²) >= 11 is 0. The molecule has 21 heavy (non-hydrogen) atoms. The van der Waals surface area contributed by atoms with Gasteiger partial charge in [0.05, 0.1) is 6.54 Å². The summed E-state index contributed by atoms with van der Waals surface area (Å²) in [5.74, 6) is 0.508. The summed E-state index contributed by atoms with van der Waals surface area (Å²) in [5, 5.41) is 5.78. The molecule has 0 spiro atoms. The van der Waals surface area contributed by atoms with Crippen LogP contribution >= 0.6 is 0 Å². The molecule has 2 N–H and O–H groups in total. The summed E-state index contributed by atoms with van der Waals surface area (Å²) in [6.07, 6.45) is 0. The lowest BCUT2D eigenvalue weighted by molar-refractivity contribution is -0.123. The Morgan fingerprint density at radius 2 is 1.95 bits per heavy atom. The minimum atomic E-state index is -3.53. The molecule has 8 heteroatoms. The van der Waals surface area contributed by atoms with Gasteiger partial charge in [0.25, 0.3) is 10.0 Å². The molecular weight excluding hydrogens is 294 g/mol. The number of nitrogens with zero attached hydrogens (tertiary/aromatic N) is 1. The van der Waals surface area contributed by atoms with Gasteiger partial charge < -0.3 is 15.1 Å². The van der Waals surface area contributed by atoms with Crippen molar-refractivity contribution in [1.29, 1.82) is 0 Å². The molecule has 0 saturated heterocycles. The molecule has 7 nitrogen and oxygen atoms in total. The van der Waals surface area contributed by atoms with Crippen molar-refractivity contribution in [2.75, 3.05) is 27.2 Å². The van der Waals surface area contributed by atoms with E-state index in [4.69, 9.17) is 4.42 Å². The van der Waals surface area contributed by atoms with Crippen molar-refractivity contribution in [2.24, 2.45) is 5.92 Å². The maximum atomic E-state index is 11.8. The monoisotopic (exact) mass is 317 g/mol. The van der Waals surface area contributed by atoms with Crippen LogP contribution < -0.4 is 10.6 Å². The van der Waals surface area contributed by atoms with Crippen LogP contribution in [0.1, 0.15) is 19.6 Å². The Balaban J connectivity index is 2.38. The third-order valence-electron chi connectivity index (χ3n) is 2.80. The Kier molecular flexibility index (Phi) is 6.38. The third kappa shape index (κ3) is 5.14. The topological polar surface area (TPSA) is 91.7 Å². The van der Waals surface area contributed by atoms with Crippen molar-refractivity contribution >= 4 is 15.9 Å². The number of sulfonamides is 1. The summed E-state index contributed by atoms with van der Waals surface area (Å²) in [5.41, 5.74) is 0. The van der Waals surface area contributed by atoms with Gasteiger partial charge >= 0.3 is 0 Å². The second-order valence-electron chi connectivity index (χ2n) is 5.13. The van der Waals surface area contributed by atoms with E-state index in [-0.39, 0.29) is 16.9 Å². The summed E-state index contributed by atoms with van der Waals surface area (Å²) < 4.78 is 30.0. The predicted molar refractivity (Wildman–Crippen MR) is 79.1 cm³/mol. The molecule has 1 amide bonds. The molecule has 0 aromatic carbocycles. The first-order valence-electron chi connectivity index (χ1n) is 6.75. The van der Waals surface area contributed by atoms with Crippen LogP contribution in [0.25, 0.3) is 0 Å². The first-order valence-corrected chi connectivity index (χ1v) is 8.19. The maximum Gasteiger partial charge on any atom is 0.275 e. The highest BCUT2D eigenvalue weighted by Crippen LogP contribution is 2.16. The molecule has 0 saturated carbocycles. The summed E-state index contributed by atoms with van der Waals surface area (Å²) in [6, 6.07) is 3.06. The molecule has 1 heterocycles. The number of amides is 1. The van der Waals surface area contributed by atoms with Gasteiger partial charge in [-0.1, -0.05) is 13.8 Å². The smallest absolute Gasteiger partial charge is 0.275 e. The number of hydrogen-bond donors (Lipinski definition) is 2. The van der Waals surface area contributed by atoms with Crippen molar-refractivity contribution in [3.8, 4) is 0 Å². The Labute approximate surface area is 125 Å². The Bertz CT molecular complexity index is 564. The minimum absolute atomic E-state index is 0.00848. The maximum absolute atomic E-state index is 11.8. The van der Waals surface area contributed by atoms with Crippen LogP contribution in [0.3, 0.4) is 0 Å². The van der Waals surface area contributed by atoms with Gasteiger partial charge in [0.2, 0.25) is 11.0 Å². The van der Waals surface area contributed by atoms with Gasteiger partial charge in [0.15, 0.2) is 0 Å². The summed E-state index contributed by atoms with van der Waals surface area (Å²) in [4.78, 5) is 11.3. The number of furan rings is 1. The molecule has 0 aliphatic carbocycles. The van der Waals surface area contributed by atoms with Crippen LogP contribution in [0.2, 0.25) is 0 Å². The Morgan fingerprint density at radius 3 is 2.52 bits per heavy atom. The van der Waals surface area contributed by atoms with Crippen molar-refractivity contribution in [2.45, 2.75) is 25.5 Å². The average Bonchev–Trinajstić information content (AvgIpc) is 2.87. The standard InChI is InChI=1S/C13H23N3O4S/c1-10(2)13(17)15-8-7-14-9-11-5-6-12(20-11)21(18,19)16(3)4/h5-6,10,14H,7-9H2,1-4H3,(H,15,17). The second kappa shape index (κ2) is 7.58. The predicted octanol–water partition coefficient (Wildman–Crippen LogP) is 0.392. The lowest BCUT2D eigenvalue weighted by atomic mass is 10.2. The van der Waals surface area contributed by atoms with Crippen LogP contribution in [0.15, 0.2) is 21.6 Å². The van der Waals surface area contributed by atoms with Crippen molar-refractivity contribution in [3.05, 3.63) is 17.9 Å². The number of rotatable bonds is 8. The molecule has 0 atom stereocenters. The van der Waals surface area contributed by atoms with Gasteiger partial charge in [-0.2, -0.15) is 0 Å². The quantitative estimate of drug-likeness (QED) is 0.677. The normalized spacial score (nSPS) is 12.1. The Hall–Kier alpha value is -1.38. The molecule has 0 aliphatic rings. The summed E-state index contributed by atoms with van der Waals surface area (Å²) in [7, 11) is -0.627. The fraction of sp³-hybridized carbons (Fsp3) is 0.615. The van der Waals surface area contributed by atoms with E-state index in [1.165, 1.54) is 20.2 Å². The zero-order valence-corrected chi connectivity index (χ0v) is 13.7. The second-order valence-corrected chi connectivity index (χ2v) is 7.21. The van der Waals surface area contributed by atoms with Crippen LogP contribution in [-0.4, -0.2) is 45.8 Å². The van der Waals surface area contributed by atoms with Gasteiger partial charge in [-0.05, 0) is 12.1 Å². The highest BCUT2D eigenvalue weighted by atomic mass is 32.2. The Morgan fingerprint density at radius 1 is 1.29 bits per heavy atom. The van der Waals surface area contributed by atoms with E-state index in [0.717, 1.165) is 4.31 Å². The average molecular weight is 317 g/mol. The molecule has 0 aliphatic heterocycles. The fourth-order valence-electron chi connectivity index (χ4n) is 1.46. The van der Waals surface area contributed by atoms with Gasteiger partial charge in [0, 0.05) is 33.1 Å². The largest absolute Gasteiger partial charge is 0.447 e. The zero-order valence-electron chi connectivity index (χ0n) is 12.8. The minimum Gasteiger partial charge on any atom is -0.447 e. The molecule has 0 fully saturated rings. The first-order chi connectivity index (χ1) is 9.75. The fourth-order valence-corrected chi connectivity index (χ4v) is 2.27. The van der Waals surface area contributed by atoms with Crippen LogP contribution in [0.5, 0.6) is 0 Å². The van der Waals surface area contributed by atoms with E-state index in [1.54, 1.807) is 6.07 Å². The molecule has 0 unspecified atom stereocenters. The molecule has 120 valence electrons. The molecule has 1 aromatic rings. The number of nitrogens with one attached hydrogen (secondary N) is 2. The van der Waals surface area contributed by atoms with E-state index in [0.29, 0.717) is 25.4 Å². The van der Waals surface area contributed by atoms with Crippen LogP contribution in [-0.2, 0) is 21.4 Å². The lowest BCUT2D eigenvalue weighted by Gasteiger charge is -2.08. The highest BCUT2D eigenvalue weighted by molar-refractivity contribution is 7.88. The summed E-state index contributed by atoms with van der Waals surface area (Å²) in [6.45, 7) is 5.16. The third-order valence-corrected chi connectivity index (χ3v) is 4.49. The van der Waals surface area contributed by atoms with E-state index >= 15 is 0 Å². The highest BCUT2D eigenvalue weighted by Gasteiger charge is 2.21.